The second-order valence-corrected chi connectivity index (χ2v) is 9.31. The normalized spacial score (nSPS) is 14.2. The van der Waals surface area contributed by atoms with Gasteiger partial charge in [0.2, 0.25) is 0 Å². The van der Waals surface area contributed by atoms with Gasteiger partial charge in [-0.3, -0.25) is 4.99 Å². The van der Waals surface area contributed by atoms with Gasteiger partial charge < -0.3 is 4.84 Å². The smallest absolute Gasteiger partial charge is 0.106 e. The van der Waals surface area contributed by atoms with E-state index in [0.29, 0.717) is 0 Å². The minimum atomic E-state index is 0.912. The van der Waals surface area contributed by atoms with Crippen LogP contribution < -0.4 is 0 Å². The molecular weight excluding hydrogens is 416 g/mol. The maximum absolute atomic E-state index is 4.74. The molecule has 0 aliphatic rings. The third-order valence-corrected chi connectivity index (χ3v) is 5.61. The summed E-state index contributed by atoms with van der Waals surface area (Å²) in [6, 6.07) is 0. The number of hydrogen-bond donors (Lipinski definition) is 0. The van der Waals surface area contributed by atoms with E-state index in [1.165, 1.54) is 47.3 Å². The van der Waals surface area contributed by atoms with Gasteiger partial charge in [-0.1, -0.05) is 65.6 Å². The molecule has 0 saturated heterocycles. The summed E-state index contributed by atoms with van der Waals surface area (Å²) in [5.41, 5.74) is 8.29. The predicted octanol–water partition coefficient (Wildman–Crippen LogP) is 10.2. The first-order valence-electron chi connectivity index (χ1n) is 13.4. The van der Waals surface area contributed by atoms with Gasteiger partial charge >= 0.3 is 0 Å². The Labute approximate surface area is 213 Å². The molecule has 0 saturated carbocycles. The Morgan fingerprint density at radius 1 is 0.559 bits per heavy atom. The molecule has 3 nitrogen and oxygen atoms in total. The van der Waals surface area contributed by atoms with Crippen molar-refractivity contribution in [1.82, 2.24) is 0 Å². The van der Waals surface area contributed by atoms with Crippen LogP contribution in [0.4, 0.5) is 0 Å². The summed E-state index contributed by atoms with van der Waals surface area (Å²) in [5.74, 6) is 0. The van der Waals surface area contributed by atoms with Crippen molar-refractivity contribution in [1.29, 1.82) is 0 Å². The summed E-state index contributed by atoms with van der Waals surface area (Å²) in [6.07, 6.45) is 20.7. The quantitative estimate of drug-likeness (QED) is 0.125. The highest BCUT2D eigenvalue weighted by Gasteiger charge is 1.96. The van der Waals surface area contributed by atoms with E-state index >= 15 is 0 Å². The van der Waals surface area contributed by atoms with E-state index in [-0.39, 0.29) is 0 Å². The Morgan fingerprint density at radius 2 is 0.971 bits per heavy atom. The summed E-state index contributed by atoms with van der Waals surface area (Å²) in [4.78, 5) is 9.15. The van der Waals surface area contributed by atoms with E-state index in [2.05, 4.69) is 89.8 Å². The second-order valence-electron chi connectivity index (χ2n) is 9.31. The van der Waals surface area contributed by atoms with E-state index in [1.807, 2.05) is 6.92 Å². The molecule has 0 spiro atoms. The van der Waals surface area contributed by atoms with Crippen LogP contribution in [0.2, 0.25) is 0 Å². The minimum Gasteiger partial charge on any atom is -0.399 e. The molecule has 0 heterocycles. The molecule has 3 heteroatoms. The van der Waals surface area contributed by atoms with Gasteiger partial charge in [0, 0.05) is 12.3 Å². The van der Waals surface area contributed by atoms with E-state index in [4.69, 9.17) is 4.84 Å². The van der Waals surface area contributed by atoms with E-state index < -0.39 is 0 Å². The van der Waals surface area contributed by atoms with Crippen molar-refractivity contribution in [3.05, 3.63) is 46.6 Å². The Morgan fingerprint density at radius 3 is 1.35 bits per heavy atom. The summed E-state index contributed by atoms with van der Waals surface area (Å²) >= 11 is 0. The molecule has 34 heavy (non-hydrogen) atoms. The standard InChI is InChI=1S/C16H29N.C15H27NO/c1-6-9-14(3)10-8-11-15(4)12-13-16(5)17-7-2;1-6-8-13(2)9-7-10-14(3)11-12-15(4)16-17-5/h9,11H,6-8,10,12-13H2,1-5H3;8,10H,6-7,9,11-12H2,1-5H3/b14-9+,15-11+,17-16?;13-8+,14-10+,16-15+. The Balaban J connectivity index is 0. The van der Waals surface area contributed by atoms with Crippen molar-refractivity contribution in [3.63, 3.8) is 0 Å². The van der Waals surface area contributed by atoms with Gasteiger partial charge in [0.25, 0.3) is 0 Å². The predicted molar refractivity (Wildman–Crippen MR) is 156 cm³/mol. The fourth-order valence-corrected chi connectivity index (χ4v) is 3.50. The molecule has 0 fully saturated rings. The zero-order valence-electron chi connectivity index (χ0n) is 24.4. The van der Waals surface area contributed by atoms with Crippen LogP contribution in [0.5, 0.6) is 0 Å². The van der Waals surface area contributed by atoms with Gasteiger partial charge in [0.05, 0.1) is 5.71 Å². The molecule has 0 aliphatic carbocycles. The molecule has 0 aromatic heterocycles. The molecule has 0 aromatic carbocycles. The van der Waals surface area contributed by atoms with Crippen LogP contribution >= 0.6 is 0 Å². The molecule has 196 valence electrons. The lowest BCUT2D eigenvalue weighted by Gasteiger charge is -2.02. The van der Waals surface area contributed by atoms with Crippen LogP contribution in [0.25, 0.3) is 0 Å². The van der Waals surface area contributed by atoms with Gasteiger partial charge in [-0.25, -0.2) is 0 Å². The number of hydrogen-bond acceptors (Lipinski definition) is 3. The molecular formula is C31H56N2O. The van der Waals surface area contributed by atoms with Crippen molar-refractivity contribution in [2.24, 2.45) is 10.1 Å². The fourth-order valence-electron chi connectivity index (χ4n) is 3.50. The molecule has 0 rings (SSSR count). The van der Waals surface area contributed by atoms with E-state index in [1.54, 1.807) is 7.11 Å². The Hall–Kier alpha value is -1.90. The minimum absolute atomic E-state index is 0.912. The molecule has 0 aromatic rings. The number of allylic oxidation sites excluding steroid dienone is 8. The summed E-state index contributed by atoms with van der Waals surface area (Å²) in [5, 5.41) is 3.91. The summed E-state index contributed by atoms with van der Waals surface area (Å²) < 4.78 is 0. The van der Waals surface area contributed by atoms with Crippen LogP contribution in [0, 0.1) is 0 Å². The number of nitrogens with zero attached hydrogens (tertiary/aromatic N) is 2. The molecule has 0 aliphatic heterocycles. The van der Waals surface area contributed by atoms with Crippen LogP contribution in [-0.4, -0.2) is 25.1 Å². The molecule has 0 N–H and O–H groups in total. The van der Waals surface area contributed by atoms with Crippen LogP contribution in [0.15, 0.2) is 56.7 Å². The van der Waals surface area contributed by atoms with Crippen LogP contribution in [-0.2, 0) is 4.84 Å². The van der Waals surface area contributed by atoms with Crippen molar-refractivity contribution >= 4 is 11.4 Å². The molecule has 0 amide bonds. The zero-order chi connectivity index (χ0) is 26.2. The van der Waals surface area contributed by atoms with E-state index in [9.17, 15) is 0 Å². The SMILES string of the molecule is CC/C=C(\C)CC/C=C(\C)CC/C(C)=N/OC.CC/C=C(\C)CC/C=C(\C)CCC(C)=NCC. The highest BCUT2D eigenvalue weighted by molar-refractivity contribution is 5.82. The maximum Gasteiger partial charge on any atom is 0.106 e. The third kappa shape index (κ3) is 24.7. The lowest BCUT2D eigenvalue weighted by molar-refractivity contribution is 0.212. The highest BCUT2D eigenvalue weighted by atomic mass is 16.6. The van der Waals surface area contributed by atoms with Crippen molar-refractivity contribution in [2.45, 2.75) is 127 Å². The lowest BCUT2D eigenvalue weighted by Crippen LogP contribution is -1.93. The lowest BCUT2D eigenvalue weighted by atomic mass is 10.1. The molecule has 0 atom stereocenters. The number of rotatable bonds is 16. The first kappa shape index (κ1) is 34.3. The van der Waals surface area contributed by atoms with Crippen LogP contribution in [0.3, 0.4) is 0 Å². The second kappa shape index (κ2) is 24.2. The van der Waals surface area contributed by atoms with E-state index in [0.717, 1.165) is 57.2 Å². The maximum atomic E-state index is 4.74. The molecule has 0 radical (unpaired) electrons. The number of oxime groups is 1. The first-order chi connectivity index (χ1) is 16.2. The third-order valence-electron chi connectivity index (χ3n) is 5.61. The topological polar surface area (TPSA) is 34.0 Å². The van der Waals surface area contributed by atoms with Crippen molar-refractivity contribution in [2.75, 3.05) is 13.7 Å². The van der Waals surface area contributed by atoms with Crippen molar-refractivity contribution < 1.29 is 4.84 Å². The Bertz CT molecular complexity index is 630. The average Bonchev–Trinajstić information content (AvgIpc) is 2.77. The van der Waals surface area contributed by atoms with Crippen LogP contribution in [0.1, 0.15) is 127 Å². The average molecular weight is 473 g/mol. The van der Waals surface area contributed by atoms with Gasteiger partial charge in [-0.05, 0) is 113 Å². The first-order valence-corrected chi connectivity index (χ1v) is 13.4. The van der Waals surface area contributed by atoms with Gasteiger partial charge in [0.15, 0.2) is 0 Å². The largest absolute Gasteiger partial charge is 0.399 e. The zero-order valence-corrected chi connectivity index (χ0v) is 24.4. The van der Waals surface area contributed by atoms with Crippen molar-refractivity contribution in [3.8, 4) is 0 Å². The highest BCUT2D eigenvalue weighted by Crippen LogP contribution is 2.12. The van der Waals surface area contributed by atoms with Gasteiger partial charge in [-0.2, -0.15) is 0 Å². The van der Waals surface area contributed by atoms with Gasteiger partial charge in [0.1, 0.15) is 7.11 Å². The molecule has 0 unspecified atom stereocenters. The molecule has 0 bridgehead atoms. The number of aliphatic imine (C=N–C) groups is 1. The summed E-state index contributed by atoms with van der Waals surface area (Å²) in [6.45, 7) is 20.4. The monoisotopic (exact) mass is 472 g/mol. The fraction of sp³-hybridized carbons (Fsp3) is 0.677. The Kier molecular flexibility index (Phi) is 24.4. The summed E-state index contributed by atoms with van der Waals surface area (Å²) in [7, 11) is 1.59. The van der Waals surface area contributed by atoms with Gasteiger partial charge in [-0.15, -0.1) is 0 Å².